The molecule has 2 aromatic rings. The number of carbonyl (C=O) groups is 3. The van der Waals surface area contributed by atoms with Crippen molar-refractivity contribution in [2.75, 3.05) is 11.9 Å². The van der Waals surface area contributed by atoms with Crippen molar-refractivity contribution in [1.82, 2.24) is 5.43 Å². The van der Waals surface area contributed by atoms with E-state index in [9.17, 15) is 14.4 Å². The van der Waals surface area contributed by atoms with Gasteiger partial charge < -0.3 is 14.8 Å². The van der Waals surface area contributed by atoms with Crippen LogP contribution in [0.25, 0.3) is 0 Å². The molecule has 31 heavy (non-hydrogen) atoms. The zero-order chi connectivity index (χ0) is 22.5. The summed E-state index contributed by atoms with van der Waals surface area (Å²) < 4.78 is 10.7. The quantitative estimate of drug-likeness (QED) is 0.261. The Hall–Kier alpha value is -2.91. The minimum atomic E-state index is -0.767. The molecule has 2 amide bonds. The highest BCUT2D eigenvalue weighted by Gasteiger charge is 2.29. The van der Waals surface area contributed by atoms with E-state index in [1.807, 2.05) is 5.43 Å². The fourth-order valence-corrected chi connectivity index (χ4v) is 4.89. The second kappa shape index (κ2) is 9.93. The van der Waals surface area contributed by atoms with Gasteiger partial charge in [0.25, 0.3) is 11.8 Å². The van der Waals surface area contributed by atoms with Crippen LogP contribution in [0.3, 0.4) is 0 Å². The molecule has 0 radical (unpaired) electrons. The lowest BCUT2D eigenvalue weighted by Gasteiger charge is -2.18. The van der Waals surface area contributed by atoms with Crippen molar-refractivity contribution in [1.29, 1.82) is 0 Å². The predicted molar refractivity (Wildman–Crippen MR) is 118 cm³/mol. The topological polar surface area (TPSA) is 120 Å². The zero-order valence-electron chi connectivity index (χ0n) is 17.8. The maximum Gasteiger partial charge on any atom is 0.341 e. The molecule has 0 spiro atoms. The molecule has 4 N–H and O–H groups in total. The van der Waals surface area contributed by atoms with Gasteiger partial charge in [0.1, 0.15) is 10.8 Å². The van der Waals surface area contributed by atoms with E-state index >= 15 is 0 Å². The van der Waals surface area contributed by atoms with Crippen LogP contribution in [-0.2, 0) is 22.4 Å². The second-order valence-electron chi connectivity index (χ2n) is 7.52. The molecule has 0 bridgehead atoms. The van der Waals surface area contributed by atoms with Crippen LogP contribution in [0.15, 0.2) is 24.3 Å². The number of hydrogen-bond donors (Lipinski definition) is 3. The van der Waals surface area contributed by atoms with Gasteiger partial charge in [0, 0.05) is 10.4 Å². The van der Waals surface area contributed by atoms with Crippen molar-refractivity contribution in [3.05, 3.63) is 45.8 Å². The number of benzene rings is 1. The zero-order valence-corrected chi connectivity index (χ0v) is 18.6. The molecule has 0 aliphatic heterocycles. The molecule has 2 atom stereocenters. The third-order valence-electron chi connectivity index (χ3n) is 5.16. The summed E-state index contributed by atoms with van der Waals surface area (Å²) in [5, 5.41) is 3.41. The third kappa shape index (κ3) is 5.23. The van der Waals surface area contributed by atoms with E-state index < -0.39 is 18.0 Å². The highest BCUT2D eigenvalue weighted by atomic mass is 32.1. The molecule has 3 rings (SSSR count). The molecule has 1 aromatic carbocycles. The van der Waals surface area contributed by atoms with E-state index in [2.05, 4.69) is 12.2 Å². The number of ether oxygens (including phenoxy) is 2. The fourth-order valence-electron chi connectivity index (χ4n) is 3.49. The molecule has 166 valence electrons. The Bertz CT molecular complexity index is 970. The Balaban J connectivity index is 1.78. The summed E-state index contributed by atoms with van der Waals surface area (Å²) in [7, 11) is 0. The molecule has 1 aromatic heterocycles. The van der Waals surface area contributed by atoms with Crippen LogP contribution in [0.2, 0.25) is 0 Å². The Morgan fingerprint density at radius 3 is 2.61 bits per heavy atom. The van der Waals surface area contributed by atoms with Crippen molar-refractivity contribution in [2.45, 2.75) is 46.1 Å². The lowest BCUT2D eigenvalue weighted by molar-refractivity contribution is -0.127. The maximum atomic E-state index is 12.8. The maximum absolute atomic E-state index is 12.8. The minimum absolute atomic E-state index is 0.273. The first kappa shape index (κ1) is 22.8. The van der Waals surface area contributed by atoms with Crippen molar-refractivity contribution >= 4 is 34.1 Å². The number of esters is 1. The van der Waals surface area contributed by atoms with Crippen LogP contribution in [0.5, 0.6) is 5.75 Å². The highest BCUT2D eigenvalue weighted by molar-refractivity contribution is 7.17. The SMILES string of the molecule is CCOC(=O)c1c(NC(=O)c2ccc(O[C@@H](C)C(=O)NN)cc2)sc2c1CC[C@@H](C)C2. The number of rotatable bonds is 7. The summed E-state index contributed by atoms with van der Waals surface area (Å²) in [5.41, 5.74) is 3.89. The van der Waals surface area contributed by atoms with E-state index in [0.29, 0.717) is 27.8 Å². The van der Waals surface area contributed by atoms with Crippen molar-refractivity contribution in [2.24, 2.45) is 11.8 Å². The number of fused-ring (bicyclic) bond motifs is 1. The number of thiophene rings is 1. The lowest BCUT2D eigenvalue weighted by atomic mass is 9.88. The normalized spacial score (nSPS) is 16.1. The standard InChI is InChI=1S/C22H27N3O5S/c1-4-29-22(28)18-16-10-5-12(2)11-17(16)31-21(18)24-20(27)14-6-8-15(9-7-14)30-13(3)19(26)25-23/h6-9,12-13H,4-5,10-11,23H2,1-3H3,(H,24,27)(H,25,26)/t12-,13+/m1/s1. The van der Waals surface area contributed by atoms with Crippen LogP contribution in [0.1, 0.15) is 58.3 Å². The van der Waals surface area contributed by atoms with E-state index in [-0.39, 0.29) is 12.5 Å². The largest absolute Gasteiger partial charge is 0.481 e. The summed E-state index contributed by atoms with van der Waals surface area (Å²) in [4.78, 5) is 38.0. The number of amides is 2. The molecular weight excluding hydrogens is 418 g/mol. The summed E-state index contributed by atoms with van der Waals surface area (Å²) in [6, 6.07) is 6.39. The van der Waals surface area contributed by atoms with E-state index in [1.54, 1.807) is 38.1 Å². The van der Waals surface area contributed by atoms with Gasteiger partial charge in [-0.15, -0.1) is 11.3 Å². The Morgan fingerprint density at radius 2 is 1.97 bits per heavy atom. The van der Waals surface area contributed by atoms with Gasteiger partial charge in [-0.25, -0.2) is 10.6 Å². The van der Waals surface area contributed by atoms with Crippen LogP contribution < -0.4 is 21.3 Å². The number of hydrazine groups is 1. The molecule has 1 aliphatic carbocycles. The van der Waals surface area contributed by atoms with Gasteiger partial charge in [-0.05, 0) is 68.9 Å². The van der Waals surface area contributed by atoms with Crippen LogP contribution in [-0.4, -0.2) is 30.5 Å². The first-order chi connectivity index (χ1) is 14.8. The highest BCUT2D eigenvalue weighted by Crippen LogP contribution is 2.40. The number of nitrogens with two attached hydrogens (primary N) is 1. The van der Waals surface area contributed by atoms with Gasteiger partial charge in [0.05, 0.1) is 12.2 Å². The first-order valence-corrected chi connectivity index (χ1v) is 11.1. The van der Waals surface area contributed by atoms with Gasteiger partial charge in [-0.1, -0.05) is 6.92 Å². The molecule has 1 aliphatic rings. The van der Waals surface area contributed by atoms with Crippen molar-refractivity contribution in [3.8, 4) is 5.75 Å². The van der Waals surface area contributed by atoms with Crippen molar-refractivity contribution in [3.63, 3.8) is 0 Å². The fraction of sp³-hybridized carbons (Fsp3) is 0.409. The predicted octanol–water partition coefficient (Wildman–Crippen LogP) is 3.06. The molecular formula is C22H27N3O5S. The summed E-state index contributed by atoms with van der Waals surface area (Å²) >= 11 is 1.45. The second-order valence-corrected chi connectivity index (χ2v) is 8.63. The average Bonchev–Trinajstić information content (AvgIpc) is 3.10. The van der Waals surface area contributed by atoms with E-state index in [4.69, 9.17) is 15.3 Å². The van der Waals surface area contributed by atoms with Gasteiger partial charge in [-0.2, -0.15) is 0 Å². The van der Waals surface area contributed by atoms with E-state index in [0.717, 1.165) is 29.7 Å². The molecule has 9 heteroatoms. The molecule has 1 heterocycles. The Labute approximate surface area is 185 Å². The molecule has 0 fully saturated rings. The molecule has 0 saturated heterocycles. The number of anilines is 1. The summed E-state index contributed by atoms with van der Waals surface area (Å²) in [6.07, 6.45) is 1.93. The van der Waals surface area contributed by atoms with E-state index in [1.165, 1.54) is 11.3 Å². The lowest BCUT2D eigenvalue weighted by Crippen LogP contribution is -2.40. The Kier molecular flexibility index (Phi) is 7.29. The van der Waals surface area contributed by atoms with Gasteiger partial charge in [-0.3, -0.25) is 15.0 Å². The average molecular weight is 446 g/mol. The van der Waals surface area contributed by atoms with Crippen LogP contribution in [0, 0.1) is 5.92 Å². The van der Waals surface area contributed by atoms with Gasteiger partial charge in [0.15, 0.2) is 6.10 Å². The summed E-state index contributed by atoms with van der Waals surface area (Å²) in [5.74, 6) is 4.88. The number of carbonyl (C=O) groups excluding carboxylic acids is 3. The van der Waals surface area contributed by atoms with Crippen LogP contribution in [0.4, 0.5) is 5.00 Å². The van der Waals surface area contributed by atoms with Crippen molar-refractivity contribution < 1.29 is 23.9 Å². The number of nitrogens with one attached hydrogen (secondary N) is 2. The smallest absolute Gasteiger partial charge is 0.341 e. The Morgan fingerprint density at radius 1 is 1.26 bits per heavy atom. The van der Waals surface area contributed by atoms with Crippen LogP contribution >= 0.6 is 11.3 Å². The summed E-state index contributed by atoms with van der Waals surface area (Å²) in [6.45, 7) is 5.79. The third-order valence-corrected chi connectivity index (χ3v) is 6.33. The molecule has 0 saturated carbocycles. The first-order valence-electron chi connectivity index (χ1n) is 10.2. The molecule has 8 nitrogen and oxygen atoms in total. The minimum Gasteiger partial charge on any atom is -0.481 e. The van der Waals surface area contributed by atoms with Gasteiger partial charge >= 0.3 is 5.97 Å². The number of hydrogen-bond acceptors (Lipinski definition) is 7. The molecule has 0 unspecified atom stereocenters. The van der Waals surface area contributed by atoms with Gasteiger partial charge in [0.2, 0.25) is 0 Å². The monoisotopic (exact) mass is 445 g/mol.